The summed E-state index contributed by atoms with van der Waals surface area (Å²) in [4.78, 5) is 44.1. The molecule has 1 aromatic heterocycles. The van der Waals surface area contributed by atoms with Gasteiger partial charge >= 0.3 is 30.3 Å². The number of benzene rings is 1. The molecule has 0 spiro atoms. The molecule has 1 aliphatic carbocycles. The van der Waals surface area contributed by atoms with Gasteiger partial charge in [0, 0.05) is 50.5 Å². The van der Waals surface area contributed by atoms with Gasteiger partial charge in [-0.2, -0.15) is 26.3 Å². The molecule has 3 rings (SSSR count). The van der Waals surface area contributed by atoms with Crippen LogP contribution in [-0.4, -0.2) is 89.4 Å². The van der Waals surface area contributed by atoms with Crippen LogP contribution in [0.2, 0.25) is 0 Å². The summed E-state index contributed by atoms with van der Waals surface area (Å²) in [5.41, 5.74) is 15.6. The van der Waals surface area contributed by atoms with Crippen LogP contribution in [0, 0.1) is 35.5 Å². The number of carboxylic acid groups (broad SMARTS) is 2. The first kappa shape index (κ1) is 51.1. The van der Waals surface area contributed by atoms with Crippen molar-refractivity contribution in [2.75, 3.05) is 20.3 Å². The zero-order valence-corrected chi connectivity index (χ0v) is 33.7. The maximum atomic E-state index is 13.2. The molecule has 18 heteroatoms. The van der Waals surface area contributed by atoms with Crippen molar-refractivity contribution in [3.63, 3.8) is 0 Å². The fraction of sp³-hybridized carbons (Fsp3) is 0.692. The largest absolute Gasteiger partial charge is 0.490 e. The molecule has 5 atom stereocenters. The molecule has 0 radical (unpaired) electrons. The summed E-state index contributed by atoms with van der Waals surface area (Å²) in [5.74, 6) is -4.99. The minimum absolute atomic E-state index is 0.0190. The molecular formula is C39H60F6N4O8. The molecule has 0 unspecified atom stereocenters. The van der Waals surface area contributed by atoms with Gasteiger partial charge in [0.05, 0.1) is 0 Å². The van der Waals surface area contributed by atoms with Crippen LogP contribution < -0.4 is 16.8 Å². The number of alkyl halides is 6. The van der Waals surface area contributed by atoms with Crippen LogP contribution in [0.15, 0.2) is 30.5 Å². The number of aliphatic carboxylic acids is 2. The zero-order chi connectivity index (χ0) is 43.8. The number of nitrogens with two attached hydrogens (primary N) is 2. The molecule has 0 bridgehead atoms. The first-order valence-electron chi connectivity index (χ1n) is 19.0. The fourth-order valence-electron chi connectivity index (χ4n) is 5.77. The fourth-order valence-corrected chi connectivity index (χ4v) is 5.77. The van der Waals surface area contributed by atoms with E-state index < -0.39 is 48.4 Å². The van der Waals surface area contributed by atoms with E-state index in [1.54, 1.807) is 7.11 Å². The van der Waals surface area contributed by atoms with E-state index in [0.29, 0.717) is 31.2 Å². The molecule has 7 N–H and O–H groups in total. The molecule has 1 aromatic carbocycles. The minimum Gasteiger partial charge on any atom is -0.475 e. The second-order valence-corrected chi connectivity index (χ2v) is 15.5. The number of esters is 1. The first-order valence-corrected chi connectivity index (χ1v) is 19.0. The Labute approximate surface area is 330 Å². The van der Waals surface area contributed by atoms with Gasteiger partial charge in [-0.1, -0.05) is 53.7 Å². The van der Waals surface area contributed by atoms with Crippen molar-refractivity contribution in [3.05, 3.63) is 36.0 Å². The van der Waals surface area contributed by atoms with Crippen LogP contribution in [0.1, 0.15) is 79.2 Å². The first-order chi connectivity index (χ1) is 26.3. The van der Waals surface area contributed by atoms with Crippen LogP contribution >= 0.6 is 0 Å². The molecule has 1 fully saturated rings. The average molecular weight is 827 g/mol. The van der Waals surface area contributed by atoms with Crippen molar-refractivity contribution in [3.8, 4) is 0 Å². The molecule has 2 aromatic rings. The second-order valence-electron chi connectivity index (χ2n) is 15.5. The Morgan fingerprint density at radius 2 is 1.44 bits per heavy atom. The molecule has 0 saturated heterocycles. The average Bonchev–Trinajstić information content (AvgIpc) is 3.86. The molecule has 57 heavy (non-hydrogen) atoms. The normalized spacial score (nSPS) is 15.8. The smallest absolute Gasteiger partial charge is 0.475 e. The predicted octanol–water partition coefficient (Wildman–Crippen LogP) is 6.56. The number of methoxy groups -OCH3 is 1. The van der Waals surface area contributed by atoms with Gasteiger partial charge < -0.3 is 41.0 Å². The Balaban J connectivity index is 0.000000984. The Hall–Kier alpha value is -3.90. The lowest BCUT2D eigenvalue weighted by molar-refractivity contribution is -0.193. The van der Waals surface area contributed by atoms with Crippen molar-refractivity contribution >= 4 is 34.7 Å². The van der Waals surface area contributed by atoms with Crippen LogP contribution in [0.3, 0.4) is 0 Å². The number of halogens is 6. The number of aryl methyl sites for hydroxylation is 1. The second kappa shape index (κ2) is 23.5. The molecule has 326 valence electrons. The topological polar surface area (TPSA) is 196 Å². The maximum absolute atomic E-state index is 13.2. The Kier molecular flexibility index (Phi) is 21.1. The molecule has 1 aliphatic rings. The number of rotatable bonds is 19. The van der Waals surface area contributed by atoms with Gasteiger partial charge in [-0.15, -0.1) is 0 Å². The Morgan fingerprint density at radius 1 is 0.877 bits per heavy atom. The van der Waals surface area contributed by atoms with Crippen LogP contribution in [0.25, 0.3) is 10.9 Å². The molecule has 12 nitrogen and oxygen atoms in total. The van der Waals surface area contributed by atoms with E-state index in [1.165, 1.54) is 29.3 Å². The lowest BCUT2D eigenvalue weighted by atomic mass is 9.80. The van der Waals surface area contributed by atoms with E-state index >= 15 is 0 Å². The highest BCUT2D eigenvalue weighted by molar-refractivity contribution is 5.81. The summed E-state index contributed by atoms with van der Waals surface area (Å²) < 4.78 is 77.1. The van der Waals surface area contributed by atoms with Gasteiger partial charge in [-0.25, -0.2) is 9.59 Å². The summed E-state index contributed by atoms with van der Waals surface area (Å²) in [6.45, 7) is 14.7. The number of carboxylic acids is 2. The third-order valence-corrected chi connectivity index (χ3v) is 9.71. The van der Waals surface area contributed by atoms with Gasteiger partial charge in [0.1, 0.15) is 12.1 Å². The number of amides is 1. The van der Waals surface area contributed by atoms with Gasteiger partial charge in [0.15, 0.2) is 0 Å². The SMILES string of the molecule is COCCCn1ccc2ccc(C[C@@H](C[C@H](N)[C@H](C[C@H](C(=O)NCC3CC3)C(C)C)OC(=O)[C@@H](N)C(C)C)C(C)C)cc21.O=C(O)C(F)(F)F.O=C(O)C(F)(F)F. The molecule has 1 amide bonds. The number of nitrogens with zero attached hydrogens (tertiary/aromatic N) is 1. The number of carbonyl (C=O) groups is 4. The van der Waals surface area contributed by atoms with Gasteiger partial charge in [-0.05, 0) is 91.2 Å². The number of ether oxygens (including phenoxy) is 2. The third kappa shape index (κ3) is 18.9. The monoisotopic (exact) mass is 826 g/mol. The van der Waals surface area contributed by atoms with Crippen molar-refractivity contribution in [1.29, 1.82) is 0 Å². The summed E-state index contributed by atoms with van der Waals surface area (Å²) in [7, 11) is 1.74. The highest BCUT2D eigenvalue weighted by atomic mass is 19.4. The van der Waals surface area contributed by atoms with Crippen LogP contribution in [0.4, 0.5) is 26.3 Å². The van der Waals surface area contributed by atoms with Gasteiger partial charge in [-0.3, -0.25) is 9.59 Å². The maximum Gasteiger partial charge on any atom is 0.490 e. The highest BCUT2D eigenvalue weighted by Crippen LogP contribution is 2.30. The Bertz CT molecular complexity index is 1540. The number of fused-ring (bicyclic) bond motifs is 1. The lowest BCUT2D eigenvalue weighted by Gasteiger charge is -2.33. The quantitative estimate of drug-likeness (QED) is 0.0588. The summed E-state index contributed by atoms with van der Waals surface area (Å²) in [5, 5.41) is 18.6. The van der Waals surface area contributed by atoms with Crippen molar-refractivity contribution < 1.29 is 65.2 Å². The highest BCUT2D eigenvalue weighted by Gasteiger charge is 2.39. The van der Waals surface area contributed by atoms with Gasteiger partial charge in [0.2, 0.25) is 5.91 Å². The molecule has 1 heterocycles. The van der Waals surface area contributed by atoms with Crippen molar-refractivity contribution in [2.24, 2.45) is 47.0 Å². The van der Waals surface area contributed by atoms with Crippen LogP contribution in [0.5, 0.6) is 0 Å². The molecule has 0 aliphatic heterocycles. The summed E-state index contributed by atoms with van der Waals surface area (Å²) in [6.07, 6.45) is -3.38. The number of nitrogens with one attached hydrogen (secondary N) is 1. The predicted molar refractivity (Wildman–Crippen MR) is 202 cm³/mol. The van der Waals surface area contributed by atoms with E-state index in [9.17, 15) is 35.9 Å². The number of hydrogen-bond acceptors (Lipinski definition) is 8. The third-order valence-electron chi connectivity index (χ3n) is 9.71. The van der Waals surface area contributed by atoms with Crippen molar-refractivity contribution in [2.45, 2.75) is 117 Å². The van der Waals surface area contributed by atoms with Gasteiger partial charge in [0.25, 0.3) is 0 Å². The van der Waals surface area contributed by atoms with E-state index in [1.807, 2.05) is 27.7 Å². The summed E-state index contributed by atoms with van der Waals surface area (Å²) in [6, 6.07) is 7.70. The lowest BCUT2D eigenvalue weighted by Crippen LogP contribution is -2.48. The molecule has 1 saturated carbocycles. The number of aromatic nitrogens is 1. The zero-order valence-electron chi connectivity index (χ0n) is 33.7. The van der Waals surface area contributed by atoms with E-state index in [-0.39, 0.29) is 29.6 Å². The van der Waals surface area contributed by atoms with E-state index in [0.717, 1.165) is 26.0 Å². The minimum atomic E-state index is -5.08. The van der Waals surface area contributed by atoms with E-state index in [2.05, 4.69) is 54.2 Å². The number of carbonyl (C=O) groups excluding carboxylic acids is 2. The molecular weight excluding hydrogens is 766 g/mol. The van der Waals surface area contributed by atoms with E-state index in [4.69, 9.17) is 40.7 Å². The number of hydrogen-bond donors (Lipinski definition) is 5. The standard InChI is InChI=1S/C35H58N4O4.2C2HF3O2/c1-22(2)28(17-26-11-12-27-13-15-39(31(27)18-26)14-8-16-42-7)19-30(36)32(43-35(41)33(37)24(5)6)20-29(23(3)4)34(40)38-21-25-9-10-25;2*3-2(4,5)1(6)7/h11-13,15,18,22-25,28-30,32-33H,8-10,14,16-17,19-21,36-37H2,1-7H3,(H,38,40);2*(H,6,7)/t28-,29-,30-,32-,33-;;/m0../s1. The Morgan fingerprint density at radius 3 is 1.89 bits per heavy atom. The van der Waals surface area contributed by atoms with Crippen LogP contribution in [-0.2, 0) is 41.6 Å². The summed E-state index contributed by atoms with van der Waals surface area (Å²) >= 11 is 0. The van der Waals surface area contributed by atoms with Crippen molar-refractivity contribution in [1.82, 2.24) is 9.88 Å².